The number of amides is 1. The normalized spacial score (nSPS) is 11.9. The third-order valence-electron chi connectivity index (χ3n) is 2.92. The Balaban J connectivity index is 2.29. The molecule has 0 aliphatic heterocycles. The quantitative estimate of drug-likeness (QED) is 0.389. The number of nitrogens with one attached hydrogen (secondary N) is 3. The summed E-state index contributed by atoms with van der Waals surface area (Å²) in [5.41, 5.74) is 0.509. The van der Waals surface area contributed by atoms with E-state index in [1.807, 2.05) is 46.8 Å². The molecule has 0 fully saturated rings. The van der Waals surface area contributed by atoms with Gasteiger partial charge >= 0.3 is 6.09 Å². The summed E-state index contributed by atoms with van der Waals surface area (Å²) in [6.45, 7) is 10.9. The van der Waals surface area contributed by atoms with Crippen LogP contribution < -0.4 is 20.7 Å². The van der Waals surface area contributed by atoms with E-state index in [0.717, 1.165) is 5.56 Å². The molecule has 0 atom stereocenters. The van der Waals surface area contributed by atoms with Crippen LogP contribution in [-0.4, -0.2) is 48.9 Å². The number of hydrogen-bond acceptors (Lipinski definition) is 5. The molecule has 1 aromatic heterocycles. The predicted octanol–water partition coefficient (Wildman–Crippen LogP) is 2.06. The maximum absolute atomic E-state index is 11.6. The molecule has 8 nitrogen and oxygen atoms in total. The van der Waals surface area contributed by atoms with Gasteiger partial charge in [0.1, 0.15) is 5.60 Å². The molecule has 3 N–H and O–H groups in total. The highest BCUT2D eigenvalue weighted by Gasteiger charge is 2.15. The van der Waals surface area contributed by atoms with Gasteiger partial charge in [-0.15, -0.1) is 0 Å². The summed E-state index contributed by atoms with van der Waals surface area (Å²) < 4.78 is 10.7. The number of alkyl carbamates (subject to hydrolysis) is 1. The molecule has 1 amide bonds. The third-order valence-corrected chi connectivity index (χ3v) is 2.92. The minimum Gasteiger partial charge on any atom is -0.475 e. The zero-order valence-electron chi connectivity index (χ0n) is 16.5. The molecule has 26 heavy (non-hydrogen) atoms. The number of hydrogen-bond donors (Lipinski definition) is 3. The van der Waals surface area contributed by atoms with E-state index in [9.17, 15) is 4.79 Å². The Hall–Kier alpha value is -2.51. The standard InChI is InChI=1S/C18H31N5O3/c1-13(2)25-15-8-7-14(11-22-15)12-23-16(19-6)20-9-10-21-17(24)26-18(3,4)5/h7-8,11,13H,9-10,12H2,1-6H3,(H,21,24)(H2,19,20,23). The van der Waals surface area contributed by atoms with Crippen molar-refractivity contribution in [3.8, 4) is 5.88 Å². The molecule has 0 saturated carbocycles. The monoisotopic (exact) mass is 365 g/mol. The van der Waals surface area contributed by atoms with E-state index in [2.05, 4.69) is 25.9 Å². The van der Waals surface area contributed by atoms with Crippen LogP contribution in [0.3, 0.4) is 0 Å². The summed E-state index contributed by atoms with van der Waals surface area (Å²) in [6, 6.07) is 3.80. The van der Waals surface area contributed by atoms with Crippen LogP contribution in [0.25, 0.3) is 0 Å². The Morgan fingerprint density at radius 2 is 1.88 bits per heavy atom. The molecule has 0 spiro atoms. The topological polar surface area (TPSA) is 96.9 Å². The van der Waals surface area contributed by atoms with E-state index in [1.54, 1.807) is 13.2 Å². The van der Waals surface area contributed by atoms with Gasteiger partial charge in [-0.3, -0.25) is 4.99 Å². The van der Waals surface area contributed by atoms with Gasteiger partial charge in [0.2, 0.25) is 5.88 Å². The van der Waals surface area contributed by atoms with Crippen LogP contribution in [0.5, 0.6) is 5.88 Å². The summed E-state index contributed by atoms with van der Waals surface area (Å²) in [7, 11) is 1.69. The van der Waals surface area contributed by atoms with Crippen LogP contribution in [0.15, 0.2) is 23.3 Å². The van der Waals surface area contributed by atoms with Crippen LogP contribution in [0.4, 0.5) is 4.79 Å². The average Bonchev–Trinajstić information content (AvgIpc) is 2.53. The van der Waals surface area contributed by atoms with Gasteiger partial charge in [0, 0.05) is 38.9 Å². The summed E-state index contributed by atoms with van der Waals surface area (Å²) in [5.74, 6) is 1.25. The van der Waals surface area contributed by atoms with E-state index in [1.165, 1.54) is 0 Å². The Morgan fingerprint density at radius 1 is 1.19 bits per heavy atom. The van der Waals surface area contributed by atoms with E-state index in [0.29, 0.717) is 31.5 Å². The minimum absolute atomic E-state index is 0.101. The molecule has 0 saturated heterocycles. The van der Waals surface area contributed by atoms with E-state index in [-0.39, 0.29) is 6.10 Å². The molecule has 0 radical (unpaired) electrons. The van der Waals surface area contributed by atoms with Crippen molar-refractivity contribution in [1.29, 1.82) is 0 Å². The van der Waals surface area contributed by atoms with Crippen LogP contribution >= 0.6 is 0 Å². The van der Waals surface area contributed by atoms with Gasteiger partial charge in [0.15, 0.2) is 5.96 Å². The maximum Gasteiger partial charge on any atom is 0.407 e. The van der Waals surface area contributed by atoms with Crippen molar-refractivity contribution in [2.24, 2.45) is 4.99 Å². The van der Waals surface area contributed by atoms with Crippen LogP contribution in [0.2, 0.25) is 0 Å². The number of ether oxygens (including phenoxy) is 2. The highest BCUT2D eigenvalue weighted by molar-refractivity contribution is 5.79. The Morgan fingerprint density at radius 3 is 2.42 bits per heavy atom. The largest absolute Gasteiger partial charge is 0.475 e. The lowest BCUT2D eigenvalue weighted by Crippen LogP contribution is -2.42. The predicted molar refractivity (Wildman–Crippen MR) is 102 cm³/mol. The molecule has 1 rings (SSSR count). The molecule has 8 heteroatoms. The second-order valence-electron chi connectivity index (χ2n) is 6.95. The van der Waals surface area contributed by atoms with Crippen molar-refractivity contribution in [3.63, 3.8) is 0 Å². The van der Waals surface area contributed by atoms with Gasteiger partial charge in [0.25, 0.3) is 0 Å². The van der Waals surface area contributed by atoms with Crippen molar-refractivity contribution >= 4 is 12.1 Å². The van der Waals surface area contributed by atoms with Gasteiger partial charge in [-0.25, -0.2) is 9.78 Å². The van der Waals surface area contributed by atoms with Gasteiger partial charge < -0.3 is 25.4 Å². The summed E-state index contributed by atoms with van der Waals surface area (Å²) in [5, 5.41) is 8.99. The zero-order chi connectivity index (χ0) is 19.6. The molecule has 1 aromatic rings. The van der Waals surface area contributed by atoms with Gasteiger partial charge in [-0.05, 0) is 40.2 Å². The minimum atomic E-state index is -0.501. The van der Waals surface area contributed by atoms with Gasteiger partial charge in [-0.1, -0.05) is 6.07 Å². The fourth-order valence-corrected chi connectivity index (χ4v) is 1.89. The molecule has 0 aliphatic carbocycles. The number of nitrogens with zero attached hydrogens (tertiary/aromatic N) is 2. The lowest BCUT2D eigenvalue weighted by molar-refractivity contribution is 0.0529. The molecular formula is C18H31N5O3. The number of carbonyl (C=O) groups is 1. The molecule has 0 bridgehead atoms. The smallest absolute Gasteiger partial charge is 0.407 e. The number of aliphatic imine (C=N–C) groups is 1. The van der Waals surface area contributed by atoms with Crippen molar-refractivity contribution in [2.75, 3.05) is 20.1 Å². The van der Waals surface area contributed by atoms with Crippen molar-refractivity contribution in [2.45, 2.75) is 52.9 Å². The summed E-state index contributed by atoms with van der Waals surface area (Å²) in [4.78, 5) is 20.0. The Kier molecular flexibility index (Phi) is 8.67. The third kappa shape index (κ3) is 9.71. The summed E-state index contributed by atoms with van der Waals surface area (Å²) >= 11 is 0. The first-order chi connectivity index (χ1) is 12.2. The Bertz CT molecular complexity index is 579. The fraction of sp³-hybridized carbons (Fsp3) is 0.611. The molecule has 0 unspecified atom stereocenters. The maximum atomic E-state index is 11.6. The molecule has 0 aliphatic rings. The first-order valence-electron chi connectivity index (χ1n) is 8.72. The van der Waals surface area contributed by atoms with Crippen molar-refractivity contribution in [1.82, 2.24) is 20.9 Å². The number of carbonyl (C=O) groups excluding carboxylic acids is 1. The Labute approximate surface area is 155 Å². The lowest BCUT2D eigenvalue weighted by Gasteiger charge is -2.20. The highest BCUT2D eigenvalue weighted by Crippen LogP contribution is 2.09. The highest BCUT2D eigenvalue weighted by atomic mass is 16.6. The second-order valence-corrected chi connectivity index (χ2v) is 6.95. The lowest BCUT2D eigenvalue weighted by atomic mass is 10.2. The van der Waals surface area contributed by atoms with Crippen molar-refractivity contribution in [3.05, 3.63) is 23.9 Å². The zero-order valence-corrected chi connectivity index (χ0v) is 16.5. The average molecular weight is 365 g/mol. The first kappa shape index (κ1) is 21.5. The number of rotatable bonds is 7. The molecule has 1 heterocycles. The number of aromatic nitrogens is 1. The summed E-state index contributed by atoms with van der Waals surface area (Å²) in [6.07, 6.45) is 1.43. The van der Waals surface area contributed by atoms with Crippen molar-refractivity contribution < 1.29 is 14.3 Å². The first-order valence-corrected chi connectivity index (χ1v) is 8.72. The van der Waals surface area contributed by atoms with Crippen LogP contribution in [0.1, 0.15) is 40.2 Å². The van der Waals surface area contributed by atoms with Gasteiger partial charge in [-0.2, -0.15) is 0 Å². The van der Waals surface area contributed by atoms with E-state index >= 15 is 0 Å². The van der Waals surface area contributed by atoms with Gasteiger partial charge in [0.05, 0.1) is 6.10 Å². The van der Waals surface area contributed by atoms with E-state index < -0.39 is 11.7 Å². The molecular weight excluding hydrogens is 334 g/mol. The van der Waals surface area contributed by atoms with E-state index in [4.69, 9.17) is 9.47 Å². The second kappa shape index (κ2) is 10.5. The van der Waals surface area contributed by atoms with Crippen LogP contribution in [0, 0.1) is 0 Å². The molecule has 146 valence electrons. The SMILES string of the molecule is CN=C(NCCNC(=O)OC(C)(C)C)NCc1ccc(OC(C)C)nc1. The number of guanidine groups is 1. The molecule has 0 aromatic carbocycles. The van der Waals surface area contributed by atoms with Crippen LogP contribution in [-0.2, 0) is 11.3 Å². The number of pyridine rings is 1. The fourth-order valence-electron chi connectivity index (χ4n) is 1.89.